The molecule has 29 heavy (non-hydrogen) atoms. The first kappa shape index (κ1) is 20.8. The Morgan fingerprint density at radius 2 is 2.00 bits per heavy atom. The zero-order valence-corrected chi connectivity index (χ0v) is 16.5. The number of rotatable bonds is 8. The summed E-state index contributed by atoms with van der Waals surface area (Å²) < 4.78 is 18.4. The molecule has 0 aliphatic carbocycles. The molecule has 6 nitrogen and oxygen atoms in total. The lowest BCUT2D eigenvalue weighted by Crippen LogP contribution is -2.56. The van der Waals surface area contributed by atoms with Crippen molar-refractivity contribution in [2.45, 2.75) is 25.4 Å². The molecule has 154 valence electrons. The predicted molar refractivity (Wildman–Crippen MR) is 108 cm³/mol. The largest absolute Gasteiger partial charge is 0.496 e. The Bertz CT molecular complexity index is 841. The molecule has 2 aromatic carbocycles. The van der Waals surface area contributed by atoms with Crippen molar-refractivity contribution in [3.05, 3.63) is 65.5 Å². The van der Waals surface area contributed by atoms with Gasteiger partial charge in [-0.15, -0.1) is 0 Å². The quantitative estimate of drug-likeness (QED) is 0.711. The molecule has 0 saturated carbocycles. The standard InChI is InChI=1S/C22H26FN3O3/c1-29-20-5-3-2-4-17(20)15-26-13-12-25-22(28)19(26)14-21(27)24-11-10-16-6-8-18(23)9-7-16/h2-9,19H,10-15H2,1H3,(H,24,27)(H,25,28). The van der Waals surface area contributed by atoms with Crippen LogP contribution >= 0.6 is 0 Å². The zero-order chi connectivity index (χ0) is 20.6. The van der Waals surface area contributed by atoms with Crippen LogP contribution in [0.4, 0.5) is 4.39 Å². The van der Waals surface area contributed by atoms with Crippen LogP contribution in [0.2, 0.25) is 0 Å². The second kappa shape index (κ2) is 10.0. The first-order valence-corrected chi connectivity index (χ1v) is 9.71. The number of nitrogens with zero attached hydrogens (tertiary/aromatic N) is 1. The van der Waals surface area contributed by atoms with Gasteiger partial charge >= 0.3 is 0 Å². The van der Waals surface area contributed by atoms with Gasteiger partial charge in [-0.3, -0.25) is 14.5 Å². The SMILES string of the molecule is COc1ccccc1CN1CCNC(=O)C1CC(=O)NCCc1ccc(F)cc1. The number of carbonyl (C=O) groups excluding carboxylic acids is 2. The highest BCUT2D eigenvalue weighted by atomic mass is 19.1. The number of ether oxygens (including phenoxy) is 1. The lowest BCUT2D eigenvalue weighted by atomic mass is 10.1. The summed E-state index contributed by atoms with van der Waals surface area (Å²) in [6.07, 6.45) is 0.693. The number of halogens is 1. The maximum absolute atomic E-state index is 13.0. The summed E-state index contributed by atoms with van der Waals surface area (Å²) in [5.74, 6) is 0.163. The zero-order valence-electron chi connectivity index (χ0n) is 16.5. The first-order valence-electron chi connectivity index (χ1n) is 9.71. The molecule has 0 aromatic heterocycles. The number of hydrogen-bond donors (Lipinski definition) is 2. The molecule has 0 spiro atoms. The topological polar surface area (TPSA) is 70.7 Å². The molecular weight excluding hydrogens is 373 g/mol. The number of hydrogen-bond acceptors (Lipinski definition) is 4. The molecule has 2 N–H and O–H groups in total. The normalized spacial score (nSPS) is 16.9. The van der Waals surface area contributed by atoms with E-state index in [-0.39, 0.29) is 24.1 Å². The fraction of sp³-hybridized carbons (Fsp3) is 0.364. The molecule has 1 atom stereocenters. The molecular formula is C22H26FN3O3. The van der Waals surface area contributed by atoms with E-state index in [1.165, 1.54) is 12.1 Å². The molecule has 1 aliphatic heterocycles. The molecule has 0 bridgehead atoms. The van der Waals surface area contributed by atoms with Crippen molar-refractivity contribution >= 4 is 11.8 Å². The van der Waals surface area contributed by atoms with Crippen molar-refractivity contribution < 1.29 is 18.7 Å². The van der Waals surface area contributed by atoms with Gasteiger partial charge in [0.25, 0.3) is 0 Å². The summed E-state index contributed by atoms with van der Waals surface area (Å²) in [7, 11) is 1.62. The van der Waals surface area contributed by atoms with E-state index in [0.717, 1.165) is 16.9 Å². The average molecular weight is 399 g/mol. The fourth-order valence-corrected chi connectivity index (χ4v) is 3.47. The second-order valence-electron chi connectivity index (χ2n) is 7.02. The van der Waals surface area contributed by atoms with Crippen LogP contribution in [0.5, 0.6) is 5.75 Å². The van der Waals surface area contributed by atoms with Gasteiger partial charge in [0, 0.05) is 31.7 Å². The molecule has 7 heteroatoms. The van der Waals surface area contributed by atoms with Crippen LogP contribution in [0.3, 0.4) is 0 Å². The van der Waals surface area contributed by atoms with Crippen molar-refractivity contribution in [2.24, 2.45) is 0 Å². The minimum absolute atomic E-state index is 0.0877. The van der Waals surface area contributed by atoms with E-state index < -0.39 is 6.04 Å². The monoisotopic (exact) mass is 399 g/mol. The van der Waals surface area contributed by atoms with E-state index >= 15 is 0 Å². The molecule has 1 aliphatic rings. The Morgan fingerprint density at radius 1 is 1.24 bits per heavy atom. The number of carbonyl (C=O) groups is 2. The van der Waals surface area contributed by atoms with Gasteiger partial charge in [-0.05, 0) is 30.2 Å². The third kappa shape index (κ3) is 5.77. The molecule has 1 heterocycles. The molecule has 3 rings (SSSR count). The van der Waals surface area contributed by atoms with Gasteiger partial charge in [-0.1, -0.05) is 30.3 Å². The van der Waals surface area contributed by atoms with Crippen LogP contribution < -0.4 is 15.4 Å². The van der Waals surface area contributed by atoms with Gasteiger partial charge < -0.3 is 15.4 Å². The average Bonchev–Trinajstić information content (AvgIpc) is 2.72. The Balaban J connectivity index is 1.56. The van der Waals surface area contributed by atoms with E-state index in [0.29, 0.717) is 32.6 Å². The first-order chi connectivity index (χ1) is 14.1. The molecule has 2 amide bonds. The lowest BCUT2D eigenvalue weighted by molar-refractivity contribution is -0.134. The highest BCUT2D eigenvalue weighted by Crippen LogP contribution is 2.22. The fourth-order valence-electron chi connectivity index (χ4n) is 3.47. The van der Waals surface area contributed by atoms with Crippen LogP contribution in [-0.4, -0.2) is 49.5 Å². The molecule has 1 fully saturated rings. The van der Waals surface area contributed by atoms with E-state index in [4.69, 9.17) is 4.74 Å². The Kier molecular flexibility index (Phi) is 7.19. The number of benzene rings is 2. The predicted octanol–water partition coefficient (Wildman–Crippen LogP) is 1.88. The maximum atomic E-state index is 13.0. The Morgan fingerprint density at radius 3 is 2.76 bits per heavy atom. The summed E-state index contributed by atoms with van der Waals surface area (Å²) in [6, 6.07) is 13.4. The van der Waals surface area contributed by atoms with E-state index in [2.05, 4.69) is 10.6 Å². The van der Waals surface area contributed by atoms with Crippen molar-refractivity contribution in [3.8, 4) is 5.75 Å². The molecule has 0 radical (unpaired) electrons. The van der Waals surface area contributed by atoms with Crippen LogP contribution in [0, 0.1) is 5.82 Å². The number of nitrogens with one attached hydrogen (secondary N) is 2. The highest BCUT2D eigenvalue weighted by Gasteiger charge is 2.31. The summed E-state index contributed by atoms with van der Waals surface area (Å²) >= 11 is 0. The third-order valence-electron chi connectivity index (χ3n) is 5.04. The highest BCUT2D eigenvalue weighted by molar-refractivity contribution is 5.88. The number of piperazine rings is 1. The van der Waals surface area contributed by atoms with Crippen LogP contribution in [0.1, 0.15) is 17.5 Å². The number of amides is 2. The number of para-hydroxylation sites is 1. The smallest absolute Gasteiger partial charge is 0.237 e. The van der Waals surface area contributed by atoms with Crippen LogP contribution in [-0.2, 0) is 22.6 Å². The van der Waals surface area contributed by atoms with Gasteiger partial charge in [-0.2, -0.15) is 0 Å². The molecule has 1 unspecified atom stereocenters. The van der Waals surface area contributed by atoms with E-state index in [9.17, 15) is 14.0 Å². The molecule has 1 saturated heterocycles. The van der Waals surface area contributed by atoms with E-state index in [1.807, 2.05) is 29.2 Å². The van der Waals surface area contributed by atoms with Gasteiger partial charge in [0.05, 0.1) is 19.6 Å². The van der Waals surface area contributed by atoms with Crippen molar-refractivity contribution in [3.63, 3.8) is 0 Å². The second-order valence-corrected chi connectivity index (χ2v) is 7.02. The Hall–Kier alpha value is -2.93. The summed E-state index contributed by atoms with van der Waals surface area (Å²) in [5, 5.41) is 5.70. The van der Waals surface area contributed by atoms with Crippen LogP contribution in [0.25, 0.3) is 0 Å². The van der Waals surface area contributed by atoms with Gasteiger partial charge in [0.1, 0.15) is 11.6 Å². The summed E-state index contributed by atoms with van der Waals surface area (Å²) in [4.78, 5) is 26.8. The maximum Gasteiger partial charge on any atom is 0.237 e. The van der Waals surface area contributed by atoms with Crippen LogP contribution in [0.15, 0.2) is 48.5 Å². The Labute approximate surface area is 170 Å². The van der Waals surface area contributed by atoms with Crippen molar-refractivity contribution in [1.29, 1.82) is 0 Å². The number of methoxy groups -OCH3 is 1. The minimum Gasteiger partial charge on any atom is -0.496 e. The van der Waals surface area contributed by atoms with Gasteiger partial charge in [0.2, 0.25) is 11.8 Å². The third-order valence-corrected chi connectivity index (χ3v) is 5.04. The minimum atomic E-state index is -0.528. The van der Waals surface area contributed by atoms with Gasteiger partial charge in [-0.25, -0.2) is 4.39 Å². The van der Waals surface area contributed by atoms with Crippen molar-refractivity contribution in [1.82, 2.24) is 15.5 Å². The summed E-state index contributed by atoms with van der Waals surface area (Å²) in [5.41, 5.74) is 1.92. The lowest BCUT2D eigenvalue weighted by Gasteiger charge is -2.35. The summed E-state index contributed by atoms with van der Waals surface area (Å²) in [6.45, 7) is 2.18. The van der Waals surface area contributed by atoms with Crippen molar-refractivity contribution in [2.75, 3.05) is 26.7 Å². The van der Waals surface area contributed by atoms with E-state index in [1.54, 1.807) is 19.2 Å². The van der Waals surface area contributed by atoms with Gasteiger partial charge in [0.15, 0.2) is 0 Å². The molecule has 2 aromatic rings.